The van der Waals surface area contributed by atoms with Gasteiger partial charge in [-0.15, -0.1) is 0 Å². The molecule has 0 atom stereocenters. The minimum absolute atomic E-state index is 0.216. The van der Waals surface area contributed by atoms with Crippen LogP contribution in [0, 0.1) is 41.8 Å². The van der Waals surface area contributed by atoms with Crippen molar-refractivity contribution < 1.29 is 39.9 Å². The van der Waals surface area contributed by atoms with E-state index in [-0.39, 0.29) is 11.1 Å². The molecule has 0 fully saturated rings. The van der Waals surface area contributed by atoms with Crippen molar-refractivity contribution in [3.8, 4) is 28.0 Å². The lowest BCUT2D eigenvalue weighted by Gasteiger charge is -2.20. The highest BCUT2D eigenvalue weighted by Gasteiger charge is 2.39. The maximum atomic E-state index is 14.8. The van der Waals surface area contributed by atoms with Gasteiger partial charge in [-0.1, -0.05) is 42.0 Å². The number of hydrogen-bond acceptors (Lipinski definition) is 1. The third-order valence-electron chi connectivity index (χ3n) is 5.45. The maximum Gasteiger partial charge on any atom is 0.312 e. The zero-order valence-corrected chi connectivity index (χ0v) is 18.5. The standard InChI is InChI=1S/C27H16F8O/c1-14-2-4-15(5-3-14)16-6-7-19(20(28)8-16)17-9-21(29)25(22(30)10-17)27(34,35)13-36-18-11-23(31)26(33)24(32)12-18/h2-12H,13H2,1H3. The van der Waals surface area contributed by atoms with E-state index in [1.54, 1.807) is 12.1 Å². The smallest absolute Gasteiger partial charge is 0.312 e. The molecule has 0 radical (unpaired) electrons. The van der Waals surface area contributed by atoms with E-state index in [4.69, 9.17) is 0 Å². The first-order valence-electron chi connectivity index (χ1n) is 10.5. The van der Waals surface area contributed by atoms with E-state index in [0.29, 0.717) is 35.4 Å². The Bertz CT molecular complexity index is 1380. The Morgan fingerprint density at radius 3 is 1.69 bits per heavy atom. The van der Waals surface area contributed by atoms with Crippen molar-refractivity contribution in [2.75, 3.05) is 6.61 Å². The topological polar surface area (TPSA) is 9.23 Å². The second kappa shape index (κ2) is 9.64. The van der Waals surface area contributed by atoms with Crippen molar-refractivity contribution in [3.05, 3.63) is 113 Å². The van der Waals surface area contributed by atoms with Gasteiger partial charge >= 0.3 is 5.92 Å². The summed E-state index contributed by atoms with van der Waals surface area (Å²) in [5.41, 5.74) is 0.00527. The normalized spacial score (nSPS) is 11.6. The van der Waals surface area contributed by atoms with Gasteiger partial charge in [0.25, 0.3) is 0 Å². The highest BCUT2D eigenvalue weighted by molar-refractivity contribution is 5.71. The van der Waals surface area contributed by atoms with Crippen LogP contribution in [0.25, 0.3) is 22.3 Å². The van der Waals surface area contributed by atoms with E-state index in [1.165, 1.54) is 12.1 Å². The summed E-state index contributed by atoms with van der Waals surface area (Å²) >= 11 is 0. The second-order valence-electron chi connectivity index (χ2n) is 8.07. The number of alkyl halides is 2. The highest BCUT2D eigenvalue weighted by atomic mass is 19.3. The summed E-state index contributed by atoms with van der Waals surface area (Å²) in [6.45, 7) is 0.183. The molecule has 0 heterocycles. The molecule has 0 aliphatic carbocycles. The third-order valence-corrected chi connectivity index (χ3v) is 5.45. The molecule has 1 nitrogen and oxygen atoms in total. The van der Waals surface area contributed by atoms with Crippen LogP contribution in [0.4, 0.5) is 35.1 Å². The van der Waals surface area contributed by atoms with Crippen LogP contribution in [0.1, 0.15) is 11.1 Å². The van der Waals surface area contributed by atoms with Gasteiger partial charge in [0.2, 0.25) is 0 Å². The molecule has 4 rings (SSSR count). The second-order valence-corrected chi connectivity index (χ2v) is 8.07. The van der Waals surface area contributed by atoms with Crippen LogP contribution in [0.5, 0.6) is 5.75 Å². The van der Waals surface area contributed by atoms with Crippen molar-refractivity contribution >= 4 is 0 Å². The number of benzene rings is 4. The molecular formula is C27H16F8O. The van der Waals surface area contributed by atoms with Gasteiger partial charge in [-0.25, -0.2) is 26.3 Å². The molecule has 0 spiro atoms. The Kier molecular flexibility index (Phi) is 6.75. The largest absolute Gasteiger partial charge is 0.487 e. The Labute approximate surface area is 200 Å². The summed E-state index contributed by atoms with van der Waals surface area (Å²) in [6, 6.07) is 12.9. The van der Waals surface area contributed by atoms with Crippen molar-refractivity contribution in [1.82, 2.24) is 0 Å². The molecule has 0 unspecified atom stereocenters. The lowest BCUT2D eigenvalue weighted by molar-refractivity contribution is -0.0525. The van der Waals surface area contributed by atoms with Crippen molar-refractivity contribution in [2.24, 2.45) is 0 Å². The quantitative estimate of drug-likeness (QED) is 0.188. The van der Waals surface area contributed by atoms with Gasteiger partial charge in [-0.2, -0.15) is 8.78 Å². The van der Waals surface area contributed by atoms with Gasteiger partial charge in [-0.05, 0) is 41.8 Å². The lowest BCUT2D eigenvalue weighted by Crippen LogP contribution is -2.26. The molecule has 9 heteroatoms. The van der Waals surface area contributed by atoms with E-state index < -0.39 is 58.7 Å². The molecule has 0 saturated carbocycles. The van der Waals surface area contributed by atoms with Crippen LogP contribution in [0.2, 0.25) is 0 Å². The molecule has 0 aromatic heterocycles. The monoisotopic (exact) mass is 508 g/mol. The van der Waals surface area contributed by atoms with E-state index in [1.807, 2.05) is 19.1 Å². The van der Waals surface area contributed by atoms with Crippen LogP contribution < -0.4 is 4.74 Å². The minimum atomic E-state index is -4.29. The van der Waals surface area contributed by atoms with E-state index in [9.17, 15) is 35.1 Å². The first kappa shape index (κ1) is 25.2. The molecule has 0 aliphatic rings. The summed E-state index contributed by atoms with van der Waals surface area (Å²) in [6.07, 6.45) is 0. The Hall–Kier alpha value is -3.88. The zero-order valence-electron chi connectivity index (χ0n) is 18.5. The molecule has 0 amide bonds. The summed E-state index contributed by atoms with van der Waals surface area (Å²) in [4.78, 5) is 0. The average Bonchev–Trinajstić information content (AvgIpc) is 2.81. The predicted octanol–water partition coefficient (Wildman–Crippen LogP) is 8.33. The first-order chi connectivity index (χ1) is 17.0. The van der Waals surface area contributed by atoms with Gasteiger partial charge in [-0.3, -0.25) is 0 Å². The summed E-state index contributed by atoms with van der Waals surface area (Å²) in [5, 5.41) is 0. The number of aryl methyl sites for hydroxylation is 1. The molecule has 0 aliphatic heterocycles. The maximum absolute atomic E-state index is 14.8. The molecule has 186 valence electrons. The molecular weight excluding hydrogens is 492 g/mol. The fourth-order valence-corrected chi connectivity index (χ4v) is 3.61. The Balaban J connectivity index is 1.60. The lowest BCUT2D eigenvalue weighted by atomic mass is 9.97. The van der Waals surface area contributed by atoms with Crippen molar-refractivity contribution in [2.45, 2.75) is 12.8 Å². The van der Waals surface area contributed by atoms with Crippen LogP contribution in [-0.2, 0) is 5.92 Å². The SMILES string of the molecule is Cc1ccc(-c2ccc(-c3cc(F)c(C(F)(F)COc4cc(F)c(F)c(F)c4)c(F)c3)c(F)c2)cc1. The number of ether oxygens (including phenoxy) is 1. The molecule has 4 aromatic rings. The Morgan fingerprint density at radius 1 is 0.611 bits per heavy atom. The van der Waals surface area contributed by atoms with E-state index in [0.717, 1.165) is 11.6 Å². The van der Waals surface area contributed by atoms with Crippen LogP contribution in [-0.4, -0.2) is 6.61 Å². The minimum Gasteiger partial charge on any atom is -0.487 e. The van der Waals surface area contributed by atoms with Gasteiger partial charge in [0.15, 0.2) is 24.1 Å². The summed E-state index contributed by atoms with van der Waals surface area (Å²) in [5.74, 6) is -14.5. The molecule has 36 heavy (non-hydrogen) atoms. The number of rotatable bonds is 6. The van der Waals surface area contributed by atoms with E-state index >= 15 is 0 Å². The van der Waals surface area contributed by atoms with Crippen LogP contribution in [0.15, 0.2) is 66.7 Å². The van der Waals surface area contributed by atoms with Gasteiger partial charge in [0, 0.05) is 17.7 Å². The predicted molar refractivity (Wildman–Crippen MR) is 118 cm³/mol. The van der Waals surface area contributed by atoms with Gasteiger partial charge in [0.05, 0.1) is 5.56 Å². The number of halogens is 8. The zero-order chi connectivity index (χ0) is 26.2. The fourth-order valence-electron chi connectivity index (χ4n) is 3.61. The molecule has 4 aromatic carbocycles. The van der Waals surface area contributed by atoms with Crippen molar-refractivity contribution in [3.63, 3.8) is 0 Å². The molecule has 0 saturated heterocycles. The van der Waals surface area contributed by atoms with Crippen LogP contribution in [0.3, 0.4) is 0 Å². The average molecular weight is 508 g/mol. The highest BCUT2D eigenvalue weighted by Crippen LogP contribution is 2.37. The van der Waals surface area contributed by atoms with Crippen LogP contribution >= 0.6 is 0 Å². The van der Waals surface area contributed by atoms with E-state index in [2.05, 4.69) is 4.74 Å². The van der Waals surface area contributed by atoms with Gasteiger partial charge < -0.3 is 4.74 Å². The third kappa shape index (κ3) is 5.05. The first-order valence-corrected chi connectivity index (χ1v) is 10.5. The molecule has 0 bridgehead atoms. The fraction of sp³-hybridized carbons (Fsp3) is 0.111. The van der Waals surface area contributed by atoms with Crippen molar-refractivity contribution in [1.29, 1.82) is 0 Å². The van der Waals surface area contributed by atoms with Gasteiger partial charge in [0.1, 0.15) is 23.2 Å². The summed E-state index contributed by atoms with van der Waals surface area (Å²) < 4.78 is 117. The Morgan fingerprint density at radius 2 is 1.14 bits per heavy atom. The molecule has 0 N–H and O–H groups in total. The summed E-state index contributed by atoms with van der Waals surface area (Å²) in [7, 11) is 0. The number of hydrogen-bond donors (Lipinski definition) is 0.